The van der Waals surface area contributed by atoms with Crippen LogP contribution in [0.4, 0.5) is 0 Å². The summed E-state index contributed by atoms with van der Waals surface area (Å²) in [5.41, 5.74) is 1.29. The molecule has 0 radical (unpaired) electrons. The van der Waals surface area contributed by atoms with Gasteiger partial charge < -0.3 is 10.4 Å². The molecule has 0 amide bonds. The number of hydrogen-bond acceptors (Lipinski definition) is 3. The van der Waals surface area contributed by atoms with E-state index in [1.807, 2.05) is 36.4 Å². The molecule has 1 heterocycles. The van der Waals surface area contributed by atoms with Crippen molar-refractivity contribution in [2.75, 3.05) is 0 Å². The number of aliphatic imine (C=N–C) groups is 1. The smallest absolute Gasteiger partial charge is 0.336 e. The lowest BCUT2D eigenvalue weighted by Crippen LogP contribution is -2.33. The Morgan fingerprint density at radius 2 is 2.18 bits per heavy atom. The largest absolute Gasteiger partial charge is 0.478 e. The lowest BCUT2D eigenvalue weighted by atomic mass is 9.85. The summed E-state index contributed by atoms with van der Waals surface area (Å²) in [5.74, 6) is -0.962. The third-order valence-corrected chi connectivity index (χ3v) is 3.09. The highest BCUT2D eigenvalue weighted by atomic mass is 16.4. The molecule has 1 aromatic carbocycles. The van der Waals surface area contributed by atoms with Gasteiger partial charge in [-0.25, -0.2) is 4.79 Å². The minimum absolute atomic E-state index is 0.237. The topological polar surface area (TPSA) is 61.7 Å². The van der Waals surface area contributed by atoms with Gasteiger partial charge in [0, 0.05) is 6.20 Å². The molecular weight excluding hydrogens is 216 g/mol. The molecule has 1 aliphatic heterocycles. The molecule has 1 aromatic rings. The monoisotopic (exact) mass is 226 g/mol. The van der Waals surface area contributed by atoms with Crippen LogP contribution < -0.4 is 5.32 Å². The van der Waals surface area contributed by atoms with E-state index in [0.717, 1.165) is 11.1 Å². The fourth-order valence-electron chi connectivity index (χ4n) is 2.30. The van der Waals surface area contributed by atoms with E-state index in [9.17, 15) is 9.90 Å². The van der Waals surface area contributed by atoms with Crippen molar-refractivity contribution in [3.05, 3.63) is 53.2 Å². The molecule has 1 atom stereocenters. The van der Waals surface area contributed by atoms with E-state index >= 15 is 0 Å². The van der Waals surface area contributed by atoms with Crippen LogP contribution in [0, 0.1) is 0 Å². The van der Waals surface area contributed by atoms with E-state index in [2.05, 4.69) is 10.3 Å². The third-order valence-electron chi connectivity index (χ3n) is 3.09. The second-order valence-corrected chi connectivity index (χ2v) is 3.97. The number of fused-ring (bicyclic) bond motifs is 2. The van der Waals surface area contributed by atoms with Crippen molar-refractivity contribution in [2.24, 2.45) is 4.99 Å². The van der Waals surface area contributed by atoms with Gasteiger partial charge in [0.1, 0.15) is 5.54 Å². The third kappa shape index (κ3) is 1.24. The van der Waals surface area contributed by atoms with Gasteiger partial charge in [-0.05, 0) is 17.2 Å². The predicted octanol–water partition coefficient (Wildman–Crippen LogP) is 1.51. The van der Waals surface area contributed by atoms with Crippen LogP contribution in [0.5, 0.6) is 0 Å². The van der Waals surface area contributed by atoms with Gasteiger partial charge in [-0.2, -0.15) is 0 Å². The Bertz CT molecular complexity index is 587. The molecule has 0 saturated heterocycles. The first kappa shape index (κ1) is 9.84. The van der Waals surface area contributed by atoms with Crippen molar-refractivity contribution in [1.29, 1.82) is 0 Å². The van der Waals surface area contributed by atoms with Crippen LogP contribution in [0.25, 0.3) is 6.08 Å². The van der Waals surface area contributed by atoms with Crippen molar-refractivity contribution >= 4 is 18.4 Å². The number of hydrogen-bond donors (Lipinski definition) is 2. The number of nitrogens with zero attached hydrogens (tertiary/aromatic N) is 1. The maximum Gasteiger partial charge on any atom is 0.336 e. The van der Waals surface area contributed by atoms with Crippen molar-refractivity contribution in [3.63, 3.8) is 0 Å². The lowest BCUT2D eigenvalue weighted by molar-refractivity contribution is -0.133. The molecule has 0 fully saturated rings. The minimum atomic E-state index is -0.962. The normalized spacial score (nSPS) is 24.4. The van der Waals surface area contributed by atoms with Crippen LogP contribution in [0.15, 0.2) is 47.1 Å². The van der Waals surface area contributed by atoms with Crippen molar-refractivity contribution in [3.8, 4) is 0 Å². The first-order valence-electron chi connectivity index (χ1n) is 5.26. The molecule has 4 nitrogen and oxygen atoms in total. The highest BCUT2D eigenvalue weighted by molar-refractivity contribution is 5.94. The molecule has 2 N–H and O–H groups in total. The molecule has 1 spiro atoms. The lowest BCUT2D eigenvalue weighted by Gasteiger charge is -2.27. The quantitative estimate of drug-likeness (QED) is 0.763. The number of rotatable bonds is 1. The summed E-state index contributed by atoms with van der Waals surface area (Å²) in [7, 11) is 0. The maximum atomic E-state index is 11.3. The van der Waals surface area contributed by atoms with Gasteiger partial charge in [-0.15, -0.1) is 0 Å². The summed E-state index contributed by atoms with van der Waals surface area (Å²) < 4.78 is 0. The minimum Gasteiger partial charge on any atom is -0.478 e. The fourth-order valence-corrected chi connectivity index (χ4v) is 2.30. The van der Waals surface area contributed by atoms with Crippen LogP contribution in [-0.2, 0) is 10.3 Å². The fraction of sp³-hybridized carbons (Fsp3) is 0.0769. The molecule has 2 aliphatic rings. The first-order valence-corrected chi connectivity index (χ1v) is 5.26. The van der Waals surface area contributed by atoms with E-state index in [-0.39, 0.29) is 5.57 Å². The van der Waals surface area contributed by atoms with Gasteiger partial charge >= 0.3 is 5.97 Å². The second kappa shape index (κ2) is 3.31. The standard InChI is InChI=1S/C13H10N2O2/c16-12(17)11-7-14-8-15-13(11)6-5-9-3-1-2-4-10(9)13/h1-8H,(H,14,15)(H,16,17). The maximum absolute atomic E-state index is 11.3. The molecule has 0 bridgehead atoms. The van der Waals surface area contributed by atoms with E-state index < -0.39 is 11.5 Å². The number of carboxylic acid groups (broad SMARTS) is 1. The number of carboxylic acids is 1. The molecule has 4 heteroatoms. The van der Waals surface area contributed by atoms with Gasteiger partial charge in [0.25, 0.3) is 0 Å². The van der Waals surface area contributed by atoms with E-state index in [1.165, 1.54) is 12.5 Å². The van der Waals surface area contributed by atoms with Crippen LogP contribution in [-0.4, -0.2) is 17.4 Å². The zero-order chi connectivity index (χ0) is 11.9. The molecule has 1 aliphatic carbocycles. The molecule has 3 rings (SSSR count). The van der Waals surface area contributed by atoms with Crippen molar-refractivity contribution < 1.29 is 9.90 Å². The summed E-state index contributed by atoms with van der Waals surface area (Å²) in [6, 6.07) is 7.69. The SMILES string of the molecule is O=C(O)C1=CNC=NC12C=Cc1ccccc12. The van der Waals surface area contributed by atoms with Crippen LogP contribution >= 0.6 is 0 Å². The Kier molecular flexibility index (Phi) is 1.92. The zero-order valence-electron chi connectivity index (χ0n) is 8.92. The first-order chi connectivity index (χ1) is 8.24. The van der Waals surface area contributed by atoms with Crippen molar-refractivity contribution in [1.82, 2.24) is 5.32 Å². The molecule has 17 heavy (non-hydrogen) atoms. The summed E-state index contributed by atoms with van der Waals surface area (Å²) in [6.45, 7) is 0. The van der Waals surface area contributed by atoms with E-state index in [0.29, 0.717) is 0 Å². The molecule has 1 unspecified atom stereocenters. The van der Waals surface area contributed by atoms with Gasteiger partial charge in [0.05, 0.1) is 11.9 Å². The Balaban J connectivity index is 2.23. The van der Waals surface area contributed by atoms with E-state index in [4.69, 9.17) is 0 Å². The van der Waals surface area contributed by atoms with Crippen molar-refractivity contribution in [2.45, 2.75) is 5.54 Å². The average Bonchev–Trinajstić information content (AvgIpc) is 2.70. The predicted molar refractivity (Wildman–Crippen MR) is 64.5 cm³/mol. The van der Waals surface area contributed by atoms with Crippen LogP contribution in [0.3, 0.4) is 0 Å². The Morgan fingerprint density at radius 1 is 1.35 bits per heavy atom. The summed E-state index contributed by atoms with van der Waals surface area (Å²) >= 11 is 0. The van der Waals surface area contributed by atoms with Gasteiger partial charge in [0.2, 0.25) is 0 Å². The highest BCUT2D eigenvalue weighted by Gasteiger charge is 2.42. The number of benzene rings is 1. The molecular formula is C13H10N2O2. The van der Waals surface area contributed by atoms with Crippen LogP contribution in [0.1, 0.15) is 11.1 Å². The zero-order valence-corrected chi connectivity index (χ0v) is 8.92. The molecule has 84 valence electrons. The van der Waals surface area contributed by atoms with Gasteiger partial charge in [-0.3, -0.25) is 4.99 Å². The second-order valence-electron chi connectivity index (χ2n) is 3.97. The van der Waals surface area contributed by atoms with Gasteiger partial charge in [0.15, 0.2) is 0 Å². The Labute approximate surface area is 98.0 Å². The summed E-state index contributed by atoms with van der Waals surface area (Å²) in [4.78, 5) is 15.6. The van der Waals surface area contributed by atoms with Crippen LogP contribution in [0.2, 0.25) is 0 Å². The number of nitrogens with one attached hydrogen (secondary N) is 1. The molecule has 0 saturated carbocycles. The summed E-state index contributed by atoms with van der Waals surface area (Å²) in [5, 5.41) is 12.0. The number of aliphatic carboxylic acids is 1. The Hall–Kier alpha value is -2.36. The van der Waals surface area contributed by atoms with Gasteiger partial charge in [-0.1, -0.05) is 30.3 Å². The summed E-state index contributed by atoms with van der Waals surface area (Å²) in [6.07, 6.45) is 6.75. The average molecular weight is 226 g/mol. The Morgan fingerprint density at radius 3 is 3.00 bits per heavy atom. The number of carbonyl (C=O) groups is 1. The highest BCUT2D eigenvalue weighted by Crippen LogP contribution is 2.43. The van der Waals surface area contributed by atoms with E-state index in [1.54, 1.807) is 0 Å². The molecule has 0 aromatic heterocycles.